The Kier molecular flexibility index (Phi) is 19.3. The monoisotopic (exact) mass is 755 g/mol. The van der Waals surface area contributed by atoms with Crippen molar-refractivity contribution in [3.8, 4) is 12.8 Å². The van der Waals surface area contributed by atoms with Crippen molar-refractivity contribution in [2.24, 2.45) is 0 Å². The molecule has 21 heteroatoms. The molecule has 0 saturated carbocycles. The second-order valence-corrected chi connectivity index (χ2v) is 12.1. The number of nitrogens with one attached hydrogen (secondary N) is 3. The lowest BCUT2D eigenvalue weighted by molar-refractivity contribution is -0.139. The van der Waals surface area contributed by atoms with Crippen molar-refractivity contribution in [3.05, 3.63) is 47.4 Å². The molecular weight excluding hydrogens is 712 g/mol. The fourth-order valence-electron chi connectivity index (χ4n) is 4.29. The van der Waals surface area contributed by atoms with Crippen molar-refractivity contribution >= 4 is 43.0 Å². The van der Waals surface area contributed by atoms with Gasteiger partial charge in [0.15, 0.2) is 11.5 Å². The molecule has 0 radical (unpaired) electrons. The number of fused-ring (bicyclic) bond motifs is 1. The number of hydrogen-bond donors (Lipinski definition) is 5. The first-order valence-corrected chi connectivity index (χ1v) is 17.3. The fourth-order valence-corrected chi connectivity index (χ4v) is 4.63. The lowest BCUT2D eigenvalue weighted by atomic mass is 10.1. The Morgan fingerprint density at radius 1 is 1.02 bits per heavy atom. The molecule has 2 heterocycles. The van der Waals surface area contributed by atoms with E-state index < -0.39 is 25.7 Å². The highest BCUT2D eigenvalue weighted by molar-refractivity contribution is 7.47. The average Bonchev–Trinajstić information content (AvgIpc) is 3.13. The van der Waals surface area contributed by atoms with E-state index in [2.05, 4.69) is 48.0 Å². The number of hydrogen-bond acceptors (Lipinski definition) is 14. The zero-order valence-corrected chi connectivity index (χ0v) is 29.6. The van der Waals surface area contributed by atoms with E-state index in [1.807, 2.05) is 0 Å². The van der Waals surface area contributed by atoms with Gasteiger partial charge in [0.2, 0.25) is 5.91 Å². The summed E-state index contributed by atoms with van der Waals surface area (Å²) in [5.41, 5.74) is 1.74. The van der Waals surface area contributed by atoms with Crippen LogP contribution in [0.15, 0.2) is 30.5 Å². The Bertz CT molecular complexity index is 1530. The van der Waals surface area contributed by atoms with Crippen LogP contribution in [0.4, 0.5) is 16.0 Å². The Morgan fingerprint density at radius 3 is 2.23 bits per heavy atom. The lowest BCUT2D eigenvalue weighted by Gasteiger charge is -2.35. The Labute approximate surface area is 299 Å². The number of carbonyl (C=O) groups excluding carboxylic acids is 3. The predicted octanol–water partition coefficient (Wildman–Crippen LogP) is 1.31. The van der Waals surface area contributed by atoms with Crippen molar-refractivity contribution in [1.29, 1.82) is 0 Å². The van der Waals surface area contributed by atoms with Gasteiger partial charge in [-0.15, -0.1) is 12.8 Å². The van der Waals surface area contributed by atoms with Gasteiger partial charge in [-0.05, 0) is 41.6 Å². The third-order valence-electron chi connectivity index (χ3n) is 6.78. The van der Waals surface area contributed by atoms with Crippen molar-refractivity contribution in [2.75, 3.05) is 77.2 Å². The van der Waals surface area contributed by atoms with Gasteiger partial charge in [0.05, 0.1) is 58.1 Å². The quantitative estimate of drug-likeness (QED) is 0.0545. The molecule has 0 aliphatic carbocycles. The molecule has 2 unspecified atom stereocenters. The molecule has 0 bridgehead atoms. The number of carboxylic acids is 1. The van der Waals surface area contributed by atoms with Crippen molar-refractivity contribution in [2.45, 2.75) is 31.8 Å². The molecule has 52 heavy (non-hydrogen) atoms. The van der Waals surface area contributed by atoms with Crippen molar-refractivity contribution in [3.63, 3.8) is 0 Å². The van der Waals surface area contributed by atoms with Crippen molar-refractivity contribution in [1.82, 2.24) is 25.6 Å². The molecular formula is C31H43FN7O12P. The molecule has 2 aromatic rings. The normalized spacial score (nSPS) is 13.5. The Morgan fingerprint density at radius 2 is 1.63 bits per heavy atom. The summed E-state index contributed by atoms with van der Waals surface area (Å²) in [4.78, 5) is 66.2. The van der Waals surface area contributed by atoms with Gasteiger partial charge in [-0.2, -0.15) is 0 Å². The van der Waals surface area contributed by atoms with Crippen LogP contribution in [0, 0.1) is 12.8 Å². The smallest absolute Gasteiger partial charge is 0.480 e. The van der Waals surface area contributed by atoms with E-state index >= 15 is 0 Å². The molecule has 19 nitrogen and oxygen atoms in total. The zero-order chi connectivity index (χ0) is 38.5. The lowest BCUT2D eigenvalue weighted by Crippen LogP contribution is -2.51. The van der Waals surface area contributed by atoms with Crippen LogP contribution in [-0.2, 0) is 44.2 Å². The molecule has 1 aliphatic rings. The van der Waals surface area contributed by atoms with E-state index in [9.17, 15) is 33.4 Å². The summed E-state index contributed by atoms with van der Waals surface area (Å²) in [5.74, 6) is -1.99. The molecule has 3 amide bonds. The SMILES string of the molecule is C#C.CN(C)N1C(=O)c2nc(CNc3ccc(C(=O)NC(CCC(=O)NCCCOCCOCCOCCOP(=O)(O)OF)C(=O)O)cc3)cnc21. The molecule has 3 rings (SSSR count). The van der Waals surface area contributed by atoms with E-state index in [0.717, 1.165) is 0 Å². The van der Waals surface area contributed by atoms with Gasteiger partial charge in [0.1, 0.15) is 6.04 Å². The third kappa shape index (κ3) is 15.0. The molecule has 5 N–H and O–H groups in total. The summed E-state index contributed by atoms with van der Waals surface area (Å²) in [6.07, 6.45) is 9.85. The maximum Gasteiger partial charge on any atom is 0.503 e. The molecule has 0 spiro atoms. The molecule has 1 aromatic carbocycles. The highest BCUT2D eigenvalue weighted by atomic mass is 31.2. The maximum atomic E-state index is 12.7. The van der Waals surface area contributed by atoms with E-state index in [0.29, 0.717) is 49.1 Å². The highest BCUT2D eigenvalue weighted by Crippen LogP contribution is 2.43. The Hall–Kier alpha value is -4.58. The number of amides is 3. The number of aliphatic carboxylic acids is 1. The number of phosphoric acid groups is 1. The minimum Gasteiger partial charge on any atom is -0.480 e. The molecule has 286 valence electrons. The molecule has 1 aliphatic heterocycles. The zero-order valence-electron chi connectivity index (χ0n) is 28.7. The number of carboxylic acid groups (broad SMARTS) is 1. The predicted molar refractivity (Wildman–Crippen MR) is 182 cm³/mol. The summed E-state index contributed by atoms with van der Waals surface area (Å²) in [7, 11) is -1.20. The van der Waals surface area contributed by atoms with Gasteiger partial charge in [-0.25, -0.2) is 29.3 Å². The fraction of sp³-hybridized carbons (Fsp3) is 0.484. The van der Waals surface area contributed by atoms with Crippen LogP contribution < -0.4 is 21.0 Å². The number of rotatable bonds is 25. The van der Waals surface area contributed by atoms with Crippen LogP contribution >= 0.6 is 7.82 Å². The van der Waals surface area contributed by atoms with Gasteiger partial charge in [-0.3, -0.25) is 18.9 Å². The number of terminal acetylenes is 1. The molecule has 0 fully saturated rings. The number of carbonyl (C=O) groups is 4. The second-order valence-electron chi connectivity index (χ2n) is 10.7. The van der Waals surface area contributed by atoms with Gasteiger partial charge >= 0.3 is 13.8 Å². The van der Waals surface area contributed by atoms with Gasteiger partial charge < -0.3 is 40.2 Å². The number of halogens is 1. The maximum absolute atomic E-state index is 12.7. The van der Waals surface area contributed by atoms with Crippen molar-refractivity contribution < 1.29 is 61.7 Å². The molecule has 2 atom stereocenters. The number of nitrogens with zero attached hydrogens (tertiary/aromatic N) is 4. The van der Waals surface area contributed by atoms with E-state index in [4.69, 9.17) is 19.1 Å². The first kappa shape index (κ1) is 43.6. The highest BCUT2D eigenvalue weighted by Gasteiger charge is 2.38. The van der Waals surface area contributed by atoms with Crippen LogP contribution in [0.25, 0.3) is 0 Å². The van der Waals surface area contributed by atoms with Gasteiger partial charge in [0.25, 0.3) is 11.8 Å². The molecule has 0 saturated heterocycles. The van der Waals surface area contributed by atoms with Crippen LogP contribution in [0.1, 0.15) is 45.8 Å². The number of hydrazine groups is 1. The molecule has 1 aromatic heterocycles. The summed E-state index contributed by atoms with van der Waals surface area (Å²) >= 11 is 0. The number of benzene rings is 1. The minimum absolute atomic E-state index is 0.0587. The summed E-state index contributed by atoms with van der Waals surface area (Å²) in [6, 6.07) is 5.07. The first-order valence-electron chi connectivity index (χ1n) is 15.8. The van der Waals surface area contributed by atoms with E-state index in [1.54, 1.807) is 37.4 Å². The number of aromatic nitrogens is 2. The summed E-state index contributed by atoms with van der Waals surface area (Å²) in [6.45, 7) is 1.52. The van der Waals surface area contributed by atoms with E-state index in [-0.39, 0.29) is 69.8 Å². The Balaban J connectivity index is 0.00000460. The minimum atomic E-state index is -4.66. The number of phosphoric ester groups is 1. The van der Waals surface area contributed by atoms with Gasteiger partial charge in [-0.1, -0.05) is 4.73 Å². The number of ether oxygens (including phenoxy) is 3. The van der Waals surface area contributed by atoms with Gasteiger partial charge in [0, 0.05) is 44.9 Å². The second kappa shape index (κ2) is 23.1. The summed E-state index contributed by atoms with van der Waals surface area (Å²) in [5, 5.41) is 20.9. The number of anilines is 2. The standard InChI is InChI=1S/C29H41FN7O12P.C2H2/c1-36(2)37-26-25(28(37)40)34-22(19-33-26)18-32-21-6-4-20(5-7-21)27(39)35-23(29(41)42)8-9-24(38)31-10-3-11-45-12-13-46-14-15-47-16-17-48-50(43,44)49-30;1-2/h4-7,19,23,32H,3,8-18H2,1-2H3,(H,31,38)(H,35,39)(H,41,42)(H,43,44);1-2H. The largest absolute Gasteiger partial charge is 0.503 e. The average molecular weight is 756 g/mol. The summed E-state index contributed by atoms with van der Waals surface area (Å²) < 4.78 is 45.1. The van der Waals surface area contributed by atoms with Crippen LogP contribution in [0.5, 0.6) is 0 Å². The van der Waals surface area contributed by atoms with Crippen LogP contribution in [-0.4, -0.2) is 122 Å². The topological polar surface area (TPSA) is 240 Å². The van der Waals surface area contributed by atoms with Crippen LogP contribution in [0.3, 0.4) is 0 Å². The third-order valence-corrected chi connectivity index (χ3v) is 7.47. The van der Waals surface area contributed by atoms with Crippen LogP contribution in [0.2, 0.25) is 0 Å². The first-order chi connectivity index (χ1) is 24.9. The van der Waals surface area contributed by atoms with E-state index in [1.165, 1.54) is 17.1 Å².